The van der Waals surface area contributed by atoms with Gasteiger partial charge in [-0.2, -0.15) is 0 Å². The number of nitrogens with one attached hydrogen (secondary N) is 1. The van der Waals surface area contributed by atoms with Crippen LogP contribution in [-0.2, 0) is 9.53 Å². The maximum atomic E-state index is 12.3. The highest BCUT2D eigenvalue weighted by atomic mass is 16.5. The van der Waals surface area contributed by atoms with Gasteiger partial charge in [-0.3, -0.25) is 4.79 Å². The van der Waals surface area contributed by atoms with E-state index in [0.717, 1.165) is 19.3 Å². The van der Waals surface area contributed by atoms with Gasteiger partial charge in [-0.1, -0.05) is 13.3 Å². The molecule has 0 aromatic carbocycles. The number of carbonyl (C=O) groups excluding carboxylic acids is 1. The van der Waals surface area contributed by atoms with Crippen LogP contribution >= 0.6 is 0 Å². The summed E-state index contributed by atoms with van der Waals surface area (Å²) in [5, 5.41) is 11.9. The molecule has 2 fully saturated rings. The van der Waals surface area contributed by atoms with Crippen LogP contribution in [0.25, 0.3) is 0 Å². The molecule has 3 unspecified atom stereocenters. The van der Waals surface area contributed by atoms with E-state index in [9.17, 15) is 9.59 Å². The molecule has 1 saturated carbocycles. The first kappa shape index (κ1) is 14.1. The third-order valence-electron chi connectivity index (χ3n) is 4.07. The number of carboxylic acids is 1. The molecule has 1 aliphatic carbocycles. The summed E-state index contributed by atoms with van der Waals surface area (Å²) in [6.45, 7) is 3.39. The van der Waals surface area contributed by atoms with Crippen molar-refractivity contribution in [3.05, 3.63) is 0 Å². The van der Waals surface area contributed by atoms with E-state index in [0.29, 0.717) is 25.7 Å². The van der Waals surface area contributed by atoms with E-state index in [1.807, 2.05) is 0 Å². The zero-order valence-corrected chi connectivity index (χ0v) is 11.3. The van der Waals surface area contributed by atoms with Crippen molar-refractivity contribution in [2.75, 3.05) is 19.8 Å². The van der Waals surface area contributed by atoms with E-state index < -0.39 is 5.97 Å². The van der Waals surface area contributed by atoms with Gasteiger partial charge in [-0.25, -0.2) is 4.79 Å². The second kappa shape index (κ2) is 6.23. The zero-order valence-electron chi connectivity index (χ0n) is 11.3. The number of carboxylic acid groups (broad SMARTS) is 1. The smallest absolute Gasteiger partial charge is 0.318 e. The Kier molecular flexibility index (Phi) is 4.63. The summed E-state index contributed by atoms with van der Waals surface area (Å²) in [5.41, 5.74) is 0. The Morgan fingerprint density at radius 2 is 2.21 bits per heavy atom. The summed E-state index contributed by atoms with van der Waals surface area (Å²) in [5.74, 6) is -0.398. The molecule has 3 atom stereocenters. The molecular weight excluding hydrogens is 248 g/mol. The molecule has 108 valence electrons. The summed E-state index contributed by atoms with van der Waals surface area (Å²) < 4.78 is 5.27. The SMILES string of the molecule is CC1CCCC1NC(=O)N1CCOCC1CC(=O)O. The van der Waals surface area contributed by atoms with Crippen LogP contribution in [0.1, 0.15) is 32.6 Å². The van der Waals surface area contributed by atoms with Crippen LogP contribution in [-0.4, -0.2) is 53.8 Å². The third-order valence-corrected chi connectivity index (χ3v) is 4.07. The molecule has 0 aromatic rings. The Labute approximate surface area is 113 Å². The first-order valence-corrected chi connectivity index (χ1v) is 6.94. The Hall–Kier alpha value is -1.30. The zero-order chi connectivity index (χ0) is 13.8. The Morgan fingerprint density at radius 1 is 1.42 bits per heavy atom. The van der Waals surface area contributed by atoms with E-state index in [4.69, 9.17) is 9.84 Å². The number of nitrogens with zero attached hydrogens (tertiary/aromatic N) is 1. The normalized spacial score (nSPS) is 31.2. The number of ether oxygens (including phenoxy) is 1. The van der Waals surface area contributed by atoms with Crippen molar-refractivity contribution in [1.82, 2.24) is 10.2 Å². The van der Waals surface area contributed by atoms with Gasteiger partial charge < -0.3 is 20.1 Å². The minimum absolute atomic E-state index is 0.0619. The summed E-state index contributed by atoms with van der Waals surface area (Å²) in [7, 11) is 0. The lowest BCUT2D eigenvalue weighted by Gasteiger charge is -2.36. The Bertz CT molecular complexity index is 348. The van der Waals surface area contributed by atoms with Gasteiger partial charge in [0.25, 0.3) is 0 Å². The fourth-order valence-electron chi connectivity index (χ4n) is 2.89. The maximum absolute atomic E-state index is 12.3. The van der Waals surface area contributed by atoms with Gasteiger partial charge in [-0.15, -0.1) is 0 Å². The molecule has 2 rings (SSSR count). The molecule has 1 saturated heterocycles. The van der Waals surface area contributed by atoms with Gasteiger partial charge in [0.05, 0.1) is 25.7 Å². The van der Waals surface area contributed by atoms with Crippen LogP contribution in [0.2, 0.25) is 0 Å². The summed E-state index contributed by atoms with van der Waals surface area (Å²) >= 11 is 0. The van der Waals surface area contributed by atoms with E-state index in [1.54, 1.807) is 4.90 Å². The fourth-order valence-corrected chi connectivity index (χ4v) is 2.89. The topological polar surface area (TPSA) is 78.9 Å². The highest BCUT2D eigenvalue weighted by Crippen LogP contribution is 2.25. The minimum atomic E-state index is -0.900. The average molecular weight is 270 g/mol. The van der Waals surface area contributed by atoms with Gasteiger partial charge in [0.15, 0.2) is 0 Å². The summed E-state index contributed by atoms with van der Waals surface area (Å²) in [4.78, 5) is 24.7. The van der Waals surface area contributed by atoms with Crippen molar-refractivity contribution in [3.8, 4) is 0 Å². The molecule has 2 aliphatic rings. The molecule has 6 nitrogen and oxygen atoms in total. The number of aliphatic carboxylic acids is 1. The second-order valence-corrected chi connectivity index (χ2v) is 5.48. The van der Waals surface area contributed by atoms with E-state index in [1.165, 1.54) is 0 Å². The first-order chi connectivity index (χ1) is 9.08. The second-order valence-electron chi connectivity index (χ2n) is 5.48. The lowest BCUT2D eigenvalue weighted by Crippen LogP contribution is -2.55. The van der Waals surface area contributed by atoms with Crippen molar-refractivity contribution >= 4 is 12.0 Å². The molecule has 6 heteroatoms. The molecule has 1 aliphatic heterocycles. The fraction of sp³-hybridized carbons (Fsp3) is 0.846. The van der Waals surface area contributed by atoms with E-state index >= 15 is 0 Å². The number of amides is 2. The maximum Gasteiger partial charge on any atom is 0.318 e. The number of rotatable bonds is 3. The van der Waals surface area contributed by atoms with Gasteiger partial charge in [-0.05, 0) is 18.8 Å². The quantitative estimate of drug-likeness (QED) is 0.803. The predicted molar refractivity (Wildman–Crippen MR) is 68.9 cm³/mol. The van der Waals surface area contributed by atoms with Gasteiger partial charge >= 0.3 is 12.0 Å². The van der Waals surface area contributed by atoms with Crippen molar-refractivity contribution in [2.45, 2.75) is 44.7 Å². The van der Waals surface area contributed by atoms with Crippen molar-refractivity contribution in [3.63, 3.8) is 0 Å². The lowest BCUT2D eigenvalue weighted by molar-refractivity contribution is -0.139. The Morgan fingerprint density at radius 3 is 2.84 bits per heavy atom. The molecule has 0 spiro atoms. The van der Waals surface area contributed by atoms with E-state index in [2.05, 4.69) is 12.2 Å². The van der Waals surface area contributed by atoms with Crippen LogP contribution < -0.4 is 5.32 Å². The largest absolute Gasteiger partial charge is 0.481 e. The average Bonchev–Trinajstić information content (AvgIpc) is 2.75. The van der Waals surface area contributed by atoms with Crippen LogP contribution in [0.15, 0.2) is 0 Å². The molecule has 1 heterocycles. The highest BCUT2D eigenvalue weighted by Gasteiger charge is 2.32. The molecule has 0 aromatic heterocycles. The summed E-state index contributed by atoms with van der Waals surface area (Å²) in [6.07, 6.45) is 3.24. The van der Waals surface area contributed by atoms with Gasteiger partial charge in [0.1, 0.15) is 0 Å². The number of carbonyl (C=O) groups is 2. The van der Waals surface area contributed by atoms with Crippen LogP contribution in [0.5, 0.6) is 0 Å². The monoisotopic (exact) mass is 270 g/mol. The minimum Gasteiger partial charge on any atom is -0.481 e. The van der Waals surface area contributed by atoms with Crippen molar-refractivity contribution in [2.24, 2.45) is 5.92 Å². The van der Waals surface area contributed by atoms with Crippen molar-refractivity contribution in [1.29, 1.82) is 0 Å². The van der Waals surface area contributed by atoms with Crippen LogP contribution in [0.4, 0.5) is 4.79 Å². The standard InChI is InChI=1S/C13H22N2O4/c1-9-3-2-4-11(9)14-13(18)15-5-6-19-8-10(15)7-12(16)17/h9-11H,2-8H2,1H3,(H,14,18)(H,16,17). The van der Waals surface area contributed by atoms with Crippen molar-refractivity contribution < 1.29 is 19.4 Å². The highest BCUT2D eigenvalue weighted by molar-refractivity contribution is 5.76. The molecule has 0 bridgehead atoms. The molecule has 0 radical (unpaired) electrons. The Balaban J connectivity index is 1.93. The van der Waals surface area contributed by atoms with Crippen LogP contribution in [0, 0.1) is 5.92 Å². The molecule has 2 amide bonds. The molecule has 19 heavy (non-hydrogen) atoms. The molecular formula is C13H22N2O4. The third kappa shape index (κ3) is 3.59. The summed E-state index contributed by atoms with van der Waals surface area (Å²) in [6, 6.07) is -0.280. The first-order valence-electron chi connectivity index (χ1n) is 6.94. The lowest BCUT2D eigenvalue weighted by atomic mass is 10.1. The number of hydrogen-bond acceptors (Lipinski definition) is 3. The number of hydrogen-bond donors (Lipinski definition) is 2. The predicted octanol–water partition coefficient (Wildman–Crippen LogP) is 1.06. The number of urea groups is 1. The van der Waals surface area contributed by atoms with Gasteiger partial charge in [0.2, 0.25) is 0 Å². The number of morpholine rings is 1. The van der Waals surface area contributed by atoms with Crippen LogP contribution in [0.3, 0.4) is 0 Å². The molecule has 2 N–H and O–H groups in total. The van der Waals surface area contributed by atoms with E-state index in [-0.39, 0.29) is 24.5 Å². The van der Waals surface area contributed by atoms with Gasteiger partial charge in [0, 0.05) is 12.6 Å².